The van der Waals surface area contributed by atoms with Crippen LogP contribution in [-0.4, -0.2) is 47.6 Å². The van der Waals surface area contributed by atoms with Gasteiger partial charge in [0.25, 0.3) is 5.91 Å². The van der Waals surface area contributed by atoms with Gasteiger partial charge in [-0.25, -0.2) is 0 Å². The third kappa shape index (κ3) is 3.38. The summed E-state index contributed by atoms with van der Waals surface area (Å²) in [7, 11) is 0. The van der Waals surface area contributed by atoms with E-state index < -0.39 is 24.2 Å². The van der Waals surface area contributed by atoms with Crippen LogP contribution in [0.2, 0.25) is 10.0 Å². The van der Waals surface area contributed by atoms with Crippen LogP contribution in [0.4, 0.5) is 0 Å². The highest BCUT2D eigenvalue weighted by Gasteiger charge is 2.36. The maximum absolute atomic E-state index is 12.0. The minimum Gasteiger partial charge on any atom is -0.394 e. The second-order valence-corrected chi connectivity index (χ2v) is 5.16. The fourth-order valence-corrected chi connectivity index (χ4v) is 2.43. The molecule has 0 spiro atoms. The Hall–Kier alpha value is -0.850. The lowest BCUT2D eigenvalue weighted by Crippen LogP contribution is -2.45. The molecule has 1 heterocycles. The van der Waals surface area contributed by atoms with Gasteiger partial charge in [-0.15, -0.1) is 0 Å². The van der Waals surface area contributed by atoms with E-state index in [-0.39, 0.29) is 13.2 Å². The van der Waals surface area contributed by atoms with Crippen molar-refractivity contribution < 1.29 is 19.7 Å². The summed E-state index contributed by atoms with van der Waals surface area (Å²) in [6, 6.07) is 3.92. The highest BCUT2D eigenvalue weighted by Crippen LogP contribution is 2.20. The zero-order chi connectivity index (χ0) is 14.0. The first-order valence-electron chi connectivity index (χ1n) is 5.68. The number of nitrogens with one attached hydrogen (secondary N) is 1. The summed E-state index contributed by atoms with van der Waals surface area (Å²) < 4.78 is 5.14. The molecule has 0 aliphatic carbocycles. The summed E-state index contributed by atoms with van der Waals surface area (Å²) in [6.07, 6.45) is -1.61. The minimum absolute atomic E-state index is 0.145. The minimum atomic E-state index is -0.941. The molecule has 2 rings (SSSR count). The molecule has 5 nitrogen and oxygen atoms in total. The van der Waals surface area contributed by atoms with E-state index >= 15 is 0 Å². The van der Waals surface area contributed by atoms with Gasteiger partial charge in [0.1, 0.15) is 12.2 Å². The molecular weight excluding hydrogens is 293 g/mol. The second kappa shape index (κ2) is 6.07. The number of carbonyl (C=O) groups excluding carboxylic acids is 1. The number of rotatable bonds is 3. The first-order valence-corrected chi connectivity index (χ1v) is 6.44. The highest BCUT2D eigenvalue weighted by atomic mass is 35.5. The standard InChI is InChI=1S/C12H13Cl2NO4/c13-7-1-6(2-8(14)3-7)12(18)15-9-5-19-10(4-16)11(9)17/h1-3,9-11,16-17H,4-5H2,(H,15,18)/t9-,10-,11?/m1/s1. The summed E-state index contributed by atoms with van der Waals surface area (Å²) in [5.74, 6) is -0.407. The number of hydrogen-bond acceptors (Lipinski definition) is 4. The number of hydrogen-bond donors (Lipinski definition) is 3. The lowest BCUT2D eigenvalue weighted by atomic mass is 10.1. The number of ether oxygens (including phenoxy) is 1. The first kappa shape index (κ1) is 14.6. The van der Waals surface area contributed by atoms with Gasteiger partial charge >= 0.3 is 0 Å². The molecule has 1 saturated heterocycles. The molecule has 1 fully saturated rings. The predicted octanol–water partition coefficient (Wildman–Crippen LogP) is 0.844. The molecule has 3 atom stereocenters. The van der Waals surface area contributed by atoms with Crippen LogP contribution in [0, 0.1) is 0 Å². The highest BCUT2D eigenvalue weighted by molar-refractivity contribution is 6.35. The molecule has 7 heteroatoms. The zero-order valence-corrected chi connectivity index (χ0v) is 11.4. The first-order chi connectivity index (χ1) is 9.01. The maximum Gasteiger partial charge on any atom is 0.251 e. The van der Waals surface area contributed by atoms with Gasteiger partial charge in [-0.05, 0) is 18.2 Å². The van der Waals surface area contributed by atoms with Crippen LogP contribution in [0.15, 0.2) is 18.2 Å². The number of aliphatic hydroxyl groups is 2. The summed E-state index contributed by atoms with van der Waals surface area (Å²) in [5.41, 5.74) is 0.303. The SMILES string of the molecule is O=C(N[C@@H]1CO[C@H](CO)C1O)c1cc(Cl)cc(Cl)c1. The van der Waals surface area contributed by atoms with E-state index in [9.17, 15) is 9.90 Å². The molecule has 3 N–H and O–H groups in total. The number of halogens is 2. The molecule has 0 bridgehead atoms. The summed E-state index contributed by atoms with van der Waals surface area (Å²) >= 11 is 11.6. The van der Waals surface area contributed by atoms with Crippen LogP contribution in [0.25, 0.3) is 0 Å². The second-order valence-electron chi connectivity index (χ2n) is 4.28. The molecule has 1 amide bonds. The molecule has 0 aromatic heterocycles. The zero-order valence-electron chi connectivity index (χ0n) is 9.85. The number of carbonyl (C=O) groups is 1. The molecular formula is C12H13Cl2NO4. The van der Waals surface area contributed by atoms with Gasteiger partial charge in [-0.2, -0.15) is 0 Å². The van der Waals surface area contributed by atoms with Crippen LogP contribution in [0.5, 0.6) is 0 Å². The van der Waals surface area contributed by atoms with E-state index in [1.807, 2.05) is 0 Å². The third-order valence-corrected chi connectivity index (χ3v) is 3.34. The van der Waals surface area contributed by atoms with Crippen LogP contribution in [-0.2, 0) is 4.74 Å². The molecule has 1 aromatic rings. The van der Waals surface area contributed by atoms with Crippen molar-refractivity contribution in [2.75, 3.05) is 13.2 Å². The van der Waals surface area contributed by atoms with Gasteiger partial charge < -0.3 is 20.3 Å². The summed E-state index contributed by atoms with van der Waals surface area (Å²) in [6.45, 7) is -0.150. The molecule has 1 aliphatic heterocycles. The Bertz CT molecular complexity index is 463. The molecule has 19 heavy (non-hydrogen) atoms. The molecule has 0 saturated carbocycles. The maximum atomic E-state index is 12.0. The molecule has 104 valence electrons. The van der Waals surface area contributed by atoms with Crippen LogP contribution in [0.3, 0.4) is 0 Å². The fourth-order valence-electron chi connectivity index (χ4n) is 1.91. The number of benzene rings is 1. The average molecular weight is 306 g/mol. The van der Waals surface area contributed by atoms with Crippen molar-refractivity contribution in [2.24, 2.45) is 0 Å². The van der Waals surface area contributed by atoms with Crippen molar-refractivity contribution in [3.05, 3.63) is 33.8 Å². The molecule has 1 aromatic carbocycles. The Balaban J connectivity index is 2.05. The van der Waals surface area contributed by atoms with E-state index in [1.165, 1.54) is 18.2 Å². The summed E-state index contributed by atoms with van der Waals surface area (Å²) in [4.78, 5) is 12.0. The smallest absolute Gasteiger partial charge is 0.251 e. The van der Waals surface area contributed by atoms with Crippen molar-refractivity contribution >= 4 is 29.1 Å². The normalized spacial score (nSPS) is 26.4. The van der Waals surface area contributed by atoms with Crippen LogP contribution < -0.4 is 5.32 Å². The van der Waals surface area contributed by atoms with Crippen LogP contribution >= 0.6 is 23.2 Å². The van der Waals surface area contributed by atoms with Crippen molar-refractivity contribution in [3.63, 3.8) is 0 Å². The van der Waals surface area contributed by atoms with Gasteiger partial charge in [0.2, 0.25) is 0 Å². The molecule has 0 radical (unpaired) electrons. The van der Waals surface area contributed by atoms with Gasteiger partial charge in [0.05, 0.1) is 19.3 Å². The van der Waals surface area contributed by atoms with Gasteiger partial charge in [0, 0.05) is 15.6 Å². The van der Waals surface area contributed by atoms with Crippen molar-refractivity contribution in [3.8, 4) is 0 Å². The van der Waals surface area contributed by atoms with Crippen molar-refractivity contribution in [2.45, 2.75) is 18.2 Å². The van der Waals surface area contributed by atoms with Crippen molar-refractivity contribution in [1.82, 2.24) is 5.32 Å². The van der Waals surface area contributed by atoms with E-state index in [0.717, 1.165) is 0 Å². The van der Waals surface area contributed by atoms with Gasteiger partial charge in [-0.3, -0.25) is 4.79 Å². The largest absolute Gasteiger partial charge is 0.394 e. The number of aliphatic hydroxyl groups excluding tert-OH is 2. The lowest BCUT2D eigenvalue weighted by molar-refractivity contribution is 0.00278. The van der Waals surface area contributed by atoms with E-state index in [1.54, 1.807) is 0 Å². The Morgan fingerprint density at radius 3 is 2.53 bits per heavy atom. The Kier molecular flexibility index (Phi) is 4.65. The fraction of sp³-hybridized carbons (Fsp3) is 0.417. The topological polar surface area (TPSA) is 78.8 Å². The predicted molar refractivity (Wildman–Crippen MR) is 70.5 cm³/mol. The quantitative estimate of drug-likeness (QED) is 0.773. The average Bonchev–Trinajstić information content (AvgIpc) is 2.69. The summed E-state index contributed by atoms with van der Waals surface area (Å²) in [5, 5.41) is 22.1. The third-order valence-electron chi connectivity index (χ3n) is 2.90. The monoisotopic (exact) mass is 305 g/mol. The Morgan fingerprint density at radius 2 is 2.00 bits per heavy atom. The van der Waals surface area contributed by atoms with Crippen LogP contribution in [0.1, 0.15) is 10.4 Å². The molecule has 1 unspecified atom stereocenters. The van der Waals surface area contributed by atoms with E-state index in [2.05, 4.69) is 5.32 Å². The van der Waals surface area contributed by atoms with Gasteiger partial charge in [-0.1, -0.05) is 23.2 Å². The number of amides is 1. The van der Waals surface area contributed by atoms with Gasteiger partial charge in [0.15, 0.2) is 0 Å². The Labute approximate surface area is 120 Å². The van der Waals surface area contributed by atoms with E-state index in [4.69, 9.17) is 33.0 Å². The van der Waals surface area contributed by atoms with Crippen molar-refractivity contribution in [1.29, 1.82) is 0 Å². The lowest BCUT2D eigenvalue weighted by Gasteiger charge is -2.17. The van der Waals surface area contributed by atoms with E-state index in [0.29, 0.717) is 15.6 Å². The Morgan fingerprint density at radius 1 is 1.37 bits per heavy atom. The molecule has 1 aliphatic rings.